The minimum atomic E-state index is -0.501. The van der Waals surface area contributed by atoms with Crippen LogP contribution in [0, 0.1) is 0 Å². The minimum absolute atomic E-state index is 0.322. The van der Waals surface area contributed by atoms with Crippen LogP contribution >= 0.6 is 15.9 Å². The van der Waals surface area contributed by atoms with Crippen molar-refractivity contribution in [1.29, 1.82) is 0 Å². The molecule has 5 heteroatoms. The van der Waals surface area contributed by atoms with Gasteiger partial charge in [0, 0.05) is 23.2 Å². The number of benzene rings is 1. The molecule has 0 aliphatic rings. The molecule has 1 amide bonds. The maximum atomic E-state index is 12.4. The van der Waals surface area contributed by atoms with E-state index >= 15 is 0 Å². The Hall–Kier alpha value is -1.07. The maximum absolute atomic E-state index is 12.4. The Kier molecular flexibility index (Phi) is 6.02. The van der Waals surface area contributed by atoms with Gasteiger partial charge in [-0.1, -0.05) is 22.0 Å². The summed E-state index contributed by atoms with van der Waals surface area (Å²) in [4.78, 5) is 16.1. The smallest absolute Gasteiger partial charge is 0.414 e. The van der Waals surface area contributed by atoms with E-state index in [-0.39, 0.29) is 6.09 Å². The minimum Gasteiger partial charge on any atom is -0.443 e. The first-order chi connectivity index (χ1) is 9.19. The van der Waals surface area contributed by atoms with Crippen molar-refractivity contribution in [1.82, 2.24) is 4.90 Å². The average Bonchev–Trinajstić information content (AvgIpc) is 2.26. The van der Waals surface area contributed by atoms with E-state index in [0.29, 0.717) is 6.54 Å². The molecule has 0 radical (unpaired) electrons. The van der Waals surface area contributed by atoms with Crippen molar-refractivity contribution in [2.45, 2.75) is 26.4 Å². The van der Waals surface area contributed by atoms with Crippen LogP contribution in [0.15, 0.2) is 28.7 Å². The molecule has 1 rings (SSSR count). The van der Waals surface area contributed by atoms with E-state index in [1.54, 1.807) is 4.90 Å². The maximum Gasteiger partial charge on any atom is 0.414 e. The Morgan fingerprint density at radius 2 is 1.90 bits per heavy atom. The zero-order valence-corrected chi connectivity index (χ0v) is 14.4. The molecule has 0 heterocycles. The third kappa shape index (κ3) is 5.92. The number of carbonyl (C=O) groups is 1. The van der Waals surface area contributed by atoms with Crippen molar-refractivity contribution >= 4 is 27.7 Å². The number of nitrogens with zero attached hydrogens (tertiary/aromatic N) is 2. The summed E-state index contributed by atoms with van der Waals surface area (Å²) >= 11 is 3.43. The van der Waals surface area contributed by atoms with Gasteiger partial charge in [-0.2, -0.15) is 0 Å². The fourth-order valence-electron chi connectivity index (χ4n) is 1.59. The van der Waals surface area contributed by atoms with Crippen LogP contribution in [0.25, 0.3) is 0 Å². The van der Waals surface area contributed by atoms with Crippen LogP contribution in [0.3, 0.4) is 0 Å². The van der Waals surface area contributed by atoms with E-state index in [0.717, 1.165) is 16.7 Å². The molecule has 0 saturated carbocycles. The van der Waals surface area contributed by atoms with Gasteiger partial charge >= 0.3 is 6.09 Å². The Bertz CT molecular complexity index is 455. The van der Waals surface area contributed by atoms with Crippen LogP contribution in [-0.2, 0) is 4.74 Å². The van der Waals surface area contributed by atoms with E-state index in [2.05, 4.69) is 15.9 Å². The van der Waals surface area contributed by atoms with Gasteiger partial charge in [0.25, 0.3) is 0 Å². The molecule has 1 aromatic carbocycles. The quantitative estimate of drug-likeness (QED) is 0.835. The van der Waals surface area contributed by atoms with Gasteiger partial charge < -0.3 is 9.64 Å². The number of ether oxygens (including phenoxy) is 1. The number of rotatable bonds is 4. The lowest BCUT2D eigenvalue weighted by atomic mass is 10.2. The van der Waals surface area contributed by atoms with Crippen LogP contribution in [-0.4, -0.2) is 43.8 Å². The molecular weight excluding hydrogens is 320 g/mol. The SMILES string of the molecule is CN(C)CCN(C(=O)OC(C)(C)C)c1cccc(Br)c1. The lowest BCUT2D eigenvalue weighted by Gasteiger charge is -2.28. The number of hydrogen-bond donors (Lipinski definition) is 0. The third-order valence-corrected chi connectivity index (χ3v) is 3.00. The van der Waals surface area contributed by atoms with E-state index in [4.69, 9.17) is 4.74 Å². The van der Waals surface area contributed by atoms with Crippen molar-refractivity contribution in [3.63, 3.8) is 0 Å². The summed E-state index contributed by atoms with van der Waals surface area (Å²) in [5, 5.41) is 0. The van der Waals surface area contributed by atoms with E-state index < -0.39 is 5.60 Å². The standard InChI is InChI=1S/C15H23BrN2O2/c1-15(2,3)20-14(19)18(10-9-17(4)5)13-8-6-7-12(16)11-13/h6-8,11H,9-10H2,1-5H3. The molecule has 112 valence electrons. The van der Waals surface area contributed by atoms with Crippen molar-refractivity contribution in [3.8, 4) is 0 Å². The molecule has 0 aliphatic carbocycles. The van der Waals surface area contributed by atoms with E-state index in [9.17, 15) is 4.79 Å². The number of amides is 1. The number of carbonyl (C=O) groups excluding carboxylic acids is 1. The van der Waals surface area contributed by atoms with E-state index in [1.165, 1.54) is 0 Å². The number of anilines is 1. The van der Waals surface area contributed by atoms with Gasteiger partial charge in [-0.05, 0) is 53.1 Å². The number of halogens is 1. The summed E-state index contributed by atoms with van der Waals surface area (Å²) in [6.45, 7) is 6.96. The zero-order chi connectivity index (χ0) is 15.3. The molecule has 0 spiro atoms. The van der Waals surface area contributed by atoms with Crippen molar-refractivity contribution in [3.05, 3.63) is 28.7 Å². The van der Waals surface area contributed by atoms with Crippen molar-refractivity contribution in [2.24, 2.45) is 0 Å². The van der Waals surface area contributed by atoms with Gasteiger partial charge in [0.15, 0.2) is 0 Å². The zero-order valence-electron chi connectivity index (χ0n) is 12.8. The Morgan fingerprint density at radius 3 is 2.40 bits per heavy atom. The fourth-order valence-corrected chi connectivity index (χ4v) is 1.97. The van der Waals surface area contributed by atoms with Gasteiger partial charge in [0.05, 0.1) is 0 Å². The van der Waals surface area contributed by atoms with E-state index in [1.807, 2.05) is 64.0 Å². The Balaban J connectivity index is 2.93. The monoisotopic (exact) mass is 342 g/mol. The normalized spacial score (nSPS) is 11.6. The highest BCUT2D eigenvalue weighted by atomic mass is 79.9. The highest BCUT2D eigenvalue weighted by molar-refractivity contribution is 9.10. The first-order valence-corrected chi connectivity index (χ1v) is 7.39. The van der Waals surface area contributed by atoms with Gasteiger partial charge in [0.1, 0.15) is 5.60 Å². The van der Waals surface area contributed by atoms with Gasteiger partial charge in [-0.25, -0.2) is 4.79 Å². The predicted octanol–water partition coefficient (Wildman–Crippen LogP) is 3.75. The molecule has 0 fully saturated rings. The third-order valence-electron chi connectivity index (χ3n) is 2.50. The first kappa shape index (κ1) is 17.0. The predicted molar refractivity (Wildman–Crippen MR) is 86.3 cm³/mol. The highest BCUT2D eigenvalue weighted by Gasteiger charge is 2.23. The molecule has 0 aromatic heterocycles. The summed E-state index contributed by atoms with van der Waals surface area (Å²) < 4.78 is 6.42. The molecule has 0 saturated heterocycles. The molecule has 1 aromatic rings. The highest BCUT2D eigenvalue weighted by Crippen LogP contribution is 2.22. The van der Waals surface area contributed by atoms with Crippen LogP contribution in [0.5, 0.6) is 0 Å². The van der Waals surface area contributed by atoms with Crippen LogP contribution in [0.2, 0.25) is 0 Å². The van der Waals surface area contributed by atoms with Crippen LogP contribution in [0.4, 0.5) is 10.5 Å². The Morgan fingerprint density at radius 1 is 1.25 bits per heavy atom. The first-order valence-electron chi connectivity index (χ1n) is 6.60. The molecule has 20 heavy (non-hydrogen) atoms. The van der Waals surface area contributed by atoms with Gasteiger partial charge in [-0.15, -0.1) is 0 Å². The topological polar surface area (TPSA) is 32.8 Å². The lowest BCUT2D eigenvalue weighted by molar-refractivity contribution is 0.0578. The second kappa shape index (κ2) is 7.09. The summed E-state index contributed by atoms with van der Waals surface area (Å²) in [5.74, 6) is 0. The second-order valence-electron chi connectivity index (χ2n) is 5.92. The Labute approximate surface area is 129 Å². The molecular formula is C15H23BrN2O2. The molecule has 0 unspecified atom stereocenters. The summed E-state index contributed by atoms with van der Waals surface area (Å²) in [6.07, 6.45) is -0.322. The molecule has 0 aliphatic heterocycles. The summed E-state index contributed by atoms with van der Waals surface area (Å²) in [7, 11) is 3.96. The second-order valence-corrected chi connectivity index (χ2v) is 6.83. The molecule has 0 N–H and O–H groups in total. The van der Waals surface area contributed by atoms with Gasteiger partial charge in [-0.3, -0.25) is 4.90 Å². The van der Waals surface area contributed by atoms with Gasteiger partial charge in [0.2, 0.25) is 0 Å². The number of hydrogen-bond acceptors (Lipinski definition) is 3. The summed E-state index contributed by atoms with van der Waals surface area (Å²) in [5.41, 5.74) is 0.329. The largest absolute Gasteiger partial charge is 0.443 e. The van der Waals surface area contributed by atoms with Crippen LogP contribution in [0.1, 0.15) is 20.8 Å². The molecule has 4 nitrogen and oxygen atoms in total. The van der Waals surface area contributed by atoms with Crippen molar-refractivity contribution < 1.29 is 9.53 Å². The van der Waals surface area contributed by atoms with Crippen molar-refractivity contribution in [2.75, 3.05) is 32.1 Å². The number of likely N-dealkylation sites (N-methyl/N-ethyl adjacent to an activating group) is 1. The average molecular weight is 343 g/mol. The summed E-state index contributed by atoms with van der Waals surface area (Å²) in [6, 6.07) is 7.67. The van der Waals surface area contributed by atoms with Crippen LogP contribution < -0.4 is 4.90 Å². The molecule has 0 atom stereocenters. The molecule has 0 bridgehead atoms. The lowest BCUT2D eigenvalue weighted by Crippen LogP contribution is -2.40. The fraction of sp³-hybridized carbons (Fsp3) is 0.533.